The summed E-state index contributed by atoms with van der Waals surface area (Å²) >= 11 is 0. The first-order valence-electron chi connectivity index (χ1n) is 11.9. The van der Waals surface area contributed by atoms with Crippen molar-refractivity contribution in [3.63, 3.8) is 0 Å². The smallest absolute Gasteiger partial charge is 0.259 e. The molecule has 1 aliphatic heterocycles. The SMILES string of the molecule is Cc1ccc(N2C(=O)C(Cc3ccccc3)N=C2N(CCN(C)C)Cc2ccccc2)c(C)c1. The van der Waals surface area contributed by atoms with Crippen molar-refractivity contribution in [1.82, 2.24) is 9.80 Å². The summed E-state index contributed by atoms with van der Waals surface area (Å²) in [7, 11) is 4.14. The summed E-state index contributed by atoms with van der Waals surface area (Å²) in [5.41, 5.74) is 5.49. The average Bonchev–Trinajstić information content (AvgIpc) is 3.13. The number of nitrogens with zero attached hydrogens (tertiary/aromatic N) is 4. The molecule has 1 aliphatic rings. The summed E-state index contributed by atoms with van der Waals surface area (Å²) < 4.78 is 0. The highest BCUT2D eigenvalue weighted by molar-refractivity contribution is 6.22. The zero-order valence-electron chi connectivity index (χ0n) is 20.6. The van der Waals surface area contributed by atoms with Crippen LogP contribution in [0.25, 0.3) is 0 Å². The Labute approximate surface area is 203 Å². The number of hydrogen-bond donors (Lipinski definition) is 0. The molecule has 5 nitrogen and oxygen atoms in total. The number of anilines is 1. The molecule has 0 bridgehead atoms. The highest BCUT2D eigenvalue weighted by Crippen LogP contribution is 2.29. The molecule has 34 heavy (non-hydrogen) atoms. The van der Waals surface area contributed by atoms with Crippen LogP contribution in [-0.2, 0) is 17.8 Å². The Morgan fingerprint density at radius 3 is 2.12 bits per heavy atom. The largest absolute Gasteiger partial charge is 0.337 e. The molecule has 1 amide bonds. The van der Waals surface area contributed by atoms with Gasteiger partial charge in [-0.1, -0.05) is 78.4 Å². The van der Waals surface area contributed by atoms with Gasteiger partial charge in [-0.05, 0) is 50.7 Å². The van der Waals surface area contributed by atoms with Crippen molar-refractivity contribution < 1.29 is 4.79 Å². The van der Waals surface area contributed by atoms with Crippen LogP contribution < -0.4 is 4.90 Å². The molecule has 0 spiro atoms. The number of likely N-dealkylation sites (N-methyl/N-ethyl adjacent to an activating group) is 1. The van der Waals surface area contributed by atoms with Crippen LogP contribution in [-0.4, -0.2) is 54.9 Å². The summed E-state index contributed by atoms with van der Waals surface area (Å²) in [5, 5.41) is 0. The van der Waals surface area contributed by atoms with Crippen LogP contribution in [0.2, 0.25) is 0 Å². The predicted molar refractivity (Wildman–Crippen MR) is 140 cm³/mol. The summed E-state index contributed by atoms with van der Waals surface area (Å²) in [6, 6.07) is 26.4. The van der Waals surface area contributed by atoms with E-state index in [2.05, 4.69) is 92.3 Å². The van der Waals surface area contributed by atoms with E-state index in [0.717, 1.165) is 35.9 Å². The van der Waals surface area contributed by atoms with E-state index in [9.17, 15) is 4.79 Å². The Hall–Kier alpha value is -3.44. The van der Waals surface area contributed by atoms with Gasteiger partial charge in [0.25, 0.3) is 5.91 Å². The minimum Gasteiger partial charge on any atom is -0.337 e. The van der Waals surface area contributed by atoms with Crippen LogP contribution in [0.3, 0.4) is 0 Å². The van der Waals surface area contributed by atoms with Crippen molar-refractivity contribution in [3.05, 3.63) is 101 Å². The van der Waals surface area contributed by atoms with E-state index in [1.54, 1.807) is 0 Å². The molecule has 0 aliphatic carbocycles. The number of amides is 1. The fourth-order valence-corrected chi connectivity index (χ4v) is 4.35. The monoisotopic (exact) mass is 454 g/mol. The van der Waals surface area contributed by atoms with Crippen molar-refractivity contribution >= 4 is 17.6 Å². The van der Waals surface area contributed by atoms with Crippen LogP contribution in [0.5, 0.6) is 0 Å². The highest BCUT2D eigenvalue weighted by Gasteiger charge is 2.39. The molecule has 1 heterocycles. The van der Waals surface area contributed by atoms with Crippen LogP contribution in [0.4, 0.5) is 5.69 Å². The molecule has 3 aromatic rings. The third-order valence-electron chi connectivity index (χ3n) is 6.16. The molecule has 4 rings (SSSR count). The molecule has 3 aromatic carbocycles. The van der Waals surface area contributed by atoms with Crippen LogP contribution in [0.1, 0.15) is 22.3 Å². The van der Waals surface area contributed by atoms with Gasteiger partial charge in [0.2, 0.25) is 5.96 Å². The summed E-state index contributed by atoms with van der Waals surface area (Å²) in [5.74, 6) is 0.775. The van der Waals surface area contributed by atoms with Gasteiger partial charge in [-0.2, -0.15) is 0 Å². The molecule has 0 aromatic heterocycles. The van der Waals surface area contributed by atoms with Gasteiger partial charge in [0.05, 0.1) is 5.69 Å². The first-order valence-corrected chi connectivity index (χ1v) is 11.9. The standard InChI is InChI=1S/C29H34N4O/c1-22-15-16-27(23(2)19-22)33-28(34)26(20-24-11-7-5-8-12-24)30-29(33)32(18-17-31(3)4)21-25-13-9-6-10-14-25/h5-16,19,26H,17-18,20-21H2,1-4H3. The number of guanidine groups is 1. The Bertz CT molecular complexity index is 1140. The minimum atomic E-state index is -0.435. The maximum Gasteiger partial charge on any atom is 0.259 e. The lowest BCUT2D eigenvalue weighted by Crippen LogP contribution is -2.47. The quantitative estimate of drug-likeness (QED) is 0.496. The third kappa shape index (κ3) is 5.54. The van der Waals surface area contributed by atoms with E-state index < -0.39 is 6.04 Å². The minimum absolute atomic E-state index is 0.0359. The first-order chi connectivity index (χ1) is 16.4. The molecular weight excluding hydrogens is 420 g/mol. The van der Waals surface area contributed by atoms with Gasteiger partial charge in [0, 0.05) is 26.1 Å². The molecular formula is C29H34N4O. The number of benzene rings is 3. The van der Waals surface area contributed by atoms with Crippen molar-refractivity contribution in [2.75, 3.05) is 32.1 Å². The Morgan fingerprint density at radius 1 is 0.853 bits per heavy atom. The molecule has 1 atom stereocenters. The summed E-state index contributed by atoms with van der Waals surface area (Å²) in [6.07, 6.45) is 0.595. The molecule has 176 valence electrons. The Kier molecular flexibility index (Phi) is 7.43. The number of aliphatic imine (C=N–C) groups is 1. The topological polar surface area (TPSA) is 39.2 Å². The second kappa shape index (κ2) is 10.7. The van der Waals surface area contributed by atoms with Crippen molar-refractivity contribution in [1.29, 1.82) is 0 Å². The molecule has 0 saturated carbocycles. The zero-order valence-corrected chi connectivity index (χ0v) is 20.6. The van der Waals surface area contributed by atoms with E-state index in [1.165, 1.54) is 11.1 Å². The zero-order chi connectivity index (χ0) is 24.1. The van der Waals surface area contributed by atoms with E-state index in [-0.39, 0.29) is 5.91 Å². The van der Waals surface area contributed by atoms with Gasteiger partial charge >= 0.3 is 0 Å². The average molecular weight is 455 g/mol. The lowest BCUT2D eigenvalue weighted by Gasteiger charge is -2.31. The van der Waals surface area contributed by atoms with Crippen LogP contribution >= 0.6 is 0 Å². The Balaban J connectivity index is 1.74. The van der Waals surface area contributed by atoms with E-state index in [1.807, 2.05) is 29.2 Å². The number of rotatable bonds is 8. The molecule has 5 heteroatoms. The fraction of sp³-hybridized carbons (Fsp3) is 0.310. The lowest BCUT2D eigenvalue weighted by atomic mass is 10.1. The van der Waals surface area contributed by atoms with Gasteiger partial charge in [-0.25, -0.2) is 9.89 Å². The predicted octanol–water partition coefficient (Wildman–Crippen LogP) is 4.68. The van der Waals surface area contributed by atoms with Crippen molar-refractivity contribution in [2.45, 2.75) is 32.9 Å². The van der Waals surface area contributed by atoms with Crippen LogP contribution in [0, 0.1) is 13.8 Å². The van der Waals surface area contributed by atoms with E-state index in [4.69, 9.17) is 4.99 Å². The maximum absolute atomic E-state index is 13.8. The number of carbonyl (C=O) groups excluding carboxylic acids is 1. The molecule has 0 fully saturated rings. The second-order valence-electron chi connectivity index (χ2n) is 9.31. The maximum atomic E-state index is 13.8. The third-order valence-corrected chi connectivity index (χ3v) is 6.16. The molecule has 0 radical (unpaired) electrons. The second-order valence-corrected chi connectivity index (χ2v) is 9.31. The van der Waals surface area contributed by atoms with Gasteiger partial charge in [-0.15, -0.1) is 0 Å². The van der Waals surface area contributed by atoms with Gasteiger partial charge < -0.3 is 9.80 Å². The summed E-state index contributed by atoms with van der Waals surface area (Å²) in [6.45, 7) is 6.48. The fourth-order valence-electron chi connectivity index (χ4n) is 4.35. The summed E-state index contributed by atoms with van der Waals surface area (Å²) in [4.78, 5) is 25.1. The van der Waals surface area contributed by atoms with Gasteiger partial charge in [0.1, 0.15) is 6.04 Å². The van der Waals surface area contributed by atoms with E-state index in [0.29, 0.717) is 13.0 Å². The van der Waals surface area contributed by atoms with Crippen molar-refractivity contribution in [2.24, 2.45) is 4.99 Å². The molecule has 1 unspecified atom stereocenters. The van der Waals surface area contributed by atoms with Crippen molar-refractivity contribution in [3.8, 4) is 0 Å². The van der Waals surface area contributed by atoms with E-state index >= 15 is 0 Å². The van der Waals surface area contributed by atoms with Crippen LogP contribution in [0.15, 0.2) is 83.9 Å². The molecule has 0 saturated heterocycles. The number of aryl methyl sites for hydroxylation is 2. The highest BCUT2D eigenvalue weighted by atomic mass is 16.2. The van der Waals surface area contributed by atoms with Gasteiger partial charge in [-0.3, -0.25) is 4.79 Å². The normalized spacial score (nSPS) is 15.7. The number of carbonyl (C=O) groups is 1. The molecule has 0 N–H and O–H groups in total. The number of hydrogen-bond acceptors (Lipinski definition) is 4. The Morgan fingerprint density at radius 2 is 1.50 bits per heavy atom. The van der Waals surface area contributed by atoms with Gasteiger partial charge in [0.15, 0.2) is 0 Å². The first kappa shape index (κ1) is 23.7. The lowest BCUT2D eigenvalue weighted by molar-refractivity contribution is -0.118.